The van der Waals surface area contributed by atoms with Crippen molar-refractivity contribution in [3.8, 4) is 0 Å². The normalized spacial score (nSPS) is 29.4. The molecule has 0 bridgehead atoms. The van der Waals surface area contributed by atoms with Gasteiger partial charge in [0.25, 0.3) is 0 Å². The number of nitrogens with zero attached hydrogens (tertiary/aromatic N) is 1. The summed E-state index contributed by atoms with van der Waals surface area (Å²) in [6, 6.07) is 11.2. The average molecular weight is 231 g/mol. The summed E-state index contributed by atoms with van der Waals surface area (Å²) in [5.74, 6) is 2.13. The molecule has 1 aliphatic heterocycles. The van der Waals surface area contributed by atoms with Gasteiger partial charge in [0.05, 0.1) is 11.1 Å². The van der Waals surface area contributed by atoms with E-state index >= 15 is 0 Å². The fourth-order valence-corrected chi connectivity index (χ4v) is 3.94. The largest absolute Gasteiger partial charge is 0.274 e. The SMILES string of the molecule is c1ccc(C2=N[C@@H]3CCCC[C@H]3CS2)cc1. The molecule has 84 valence electrons. The highest BCUT2D eigenvalue weighted by atomic mass is 32.2. The van der Waals surface area contributed by atoms with E-state index in [1.54, 1.807) is 0 Å². The van der Waals surface area contributed by atoms with Crippen LogP contribution in [0.3, 0.4) is 0 Å². The average Bonchev–Trinajstić information content (AvgIpc) is 2.39. The van der Waals surface area contributed by atoms with Crippen LogP contribution in [0.5, 0.6) is 0 Å². The Bertz CT molecular complexity index is 385. The Hall–Kier alpha value is -0.760. The molecule has 0 saturated heterocycles. The van der Waals surface area contributed by atoms with E-state index in [0.717, 1.165) is 5.92 Å². The predicted octanol–water partition coefficient (Wildman–Crippen LogP) is 3.74. The quantitative estimate of drug-likeness (QED) is 0.717. The number of rotatable bonds is 1. The van der Waals surface area contributed by atoms with E-state index in [4.69, 9.17) is 4.99 Å². The monoisotopic (exact) mass is 231 g/mol. The minimum atomic E-state index is 0.616. The van der Waals surface area contributed by atoms with Crippen LogP contribution in [0, 0.1) is 5.92 Å². The maximum Gasteiger partial charge on any atom is 0.0980 e. The molecule has 0 amide bonds. The van der Waals surface area contributed by atoms with Crippen molar-refractivity contribution < 1.29 is 0 Å². The van der Waals surface area contributed by atoms with Gasteiger partial charge in [-0.1, -0.05) is 43.2 Å². The van der Waals surface area contributed by atoms with Gasteiger partial charge in [-0.15, -0.1) is 11.8 Å². The van der Waals surface area contributed by atoms with Gasteiger partial charge in [-0.05, 0) is 18.8 Å². The molecule has 2 heteroatoms. The van der Waals surface area contributed by atoms with Crippen molar-refractivity contribution in [3.63, 3.8) is 0 Å². The van der Waals surface area contributed by atoms with Crippen LogP contribution in [0.25, 0.3) is 0 Å². The molecule has 3 rings (SSSR count). The number of fused-ring (bicyclic) bond motifs is 1. The van der Waals surface area contributed by atoms with Crippen molar-refractivity contribution in [1.29, 1.82) is 0 Å². The molecule has 16 heavy (non-hydrogen) atoms. The minimum absolute atomic E-state index is 0.616. The third kappa shape index (κ3) is 2.03. The van der Waals surface area contributed by atoms with Gasteiger partial charge in [0.2, 0.25) is 0 Å². The van der Waals surface area contributed by atoms with E-state index in [1.807, 2.05) is 11.8 Å². The zero-order chi connectivity index (χ0) is 10.8. The Kier molecular flexibility index (Phi) is 3.00. The van der Waals surface area contributed by atoms with Crippen molar-refractivity contribution in [1.82, 2.24) is 0 Å². The second-order valence-electron chi connectivity index (χ2n) is 4.72. The molecule has 0 radical (unpaired) electrons. The van der Waals surface area contributed by atoms with Gasteiger partial charge in [-0.2, -0.15) is 0 Å². The number of thioether (sulfide) groups is 1. The smallest absolute Gasteiger partial charge is 0.0980 e. The van der Waals surface area contributed by atoms with E-state index < -0.39 is 0 Å². The molecule has 0 spiro atoms. The third-order valence-electron chi connectivity index (χ3n) is 3.61. The number of hydrogen-bond donors (Lipinski definition) is 0. The van der Waals surface area contributed by atoms with E-state index in [-0.39, 0.29) is 0 Å². The lowest BCUT2D eigenvalue weighted by Gasteiger charge is -2.32. The van der Waals surface area contributed by atoms with Crippen LogP contribution in [-0.4, -0.2) is 16.8 Å². The summed E-state index contributed by atoms with van der Waals surface area (Å²) in [5.41, 5.74) is 1.30. The first-order valence-corrected chi connectivity index (χ1v) is 7.18. The molecule has 2 aliphatic rings. The van der Waals surface area contributed by atoms with Gasteiger partial charge in [0, 0.05) is 11.3 Å². The van der Waals surface area contributed by atoms with Crippen molar-refractivity contribution in [2.45, 2.75) is 31.7 Å². The van der Waals surface area contributed by atoms with Crippen LogP contribution in [-0.2, 0) is 0 Å². The van der Waals surface area contributed by atoms with Crippen molar-refractivity contribution in [3.05, 3.63) is 35.9 Å². The summed E-state index contributed by atoms with van der Waals surface area (Å²) in [6.45, 7) is 0. The fraction of sp³-hybridized carbons (Fsp3) is 0.500. The molecular formula is C14H17NS. The van der Waals surface area contributed by atoms with Gasteiger partial charge in [-0.25, -0.2) is 0 Å². The highest BCUT2D eigenvalue weighted by Gasteiger charge is 2.29. The fourth-order valence-electron chi connectivity index (χ4n) is 2.66. The van der Waals surface area contributed by atoms with E-state index in [2.05, 4.69) is 30.3 Å². The standard InChI is InChI=1S/C14H17NS/c1-2-6-11(7-3-1)14-15-13-9-5-4-8-12(13)10-16-14/h1-3,6-7,12-13H,4-5,8-10H2/t12-,13+/m0/s1. The Morgan fingerprint density at radius 2 is 1.88 bits per heavy atom. The van der Waals surface area contributed by atoms with Gasteiger partial charge in [0.1, 0.15) is 0 Å². The van der Waals surface area contributed by atoms with Gasteiger partial charge in [0.15, 0.2) is 0 Å². The van der Waals surface area contributed by atoms with Gasteiger partial charge in [-0.3, -0.25) is 4.99 Å². The zero-order valence-electron chi connectivity index (χ0n) is 9.43. The lowest BCUT2D eigenvalue weighted by molar-refractivity contribution is 0.336. The molecule has 0 aromatic heterocycles. The molecule has 1 nitrogen and oxygen atoms in total. The van der Waals surface area contributed by atoms with Crippen LogP contribution >= 0.6 is 11.8 Å². The van der Waals surface area contributed by atoms with Crippen molar-refractivity contribution in [2.75, 3.05) is 5.75 Å². The van der Waals surface area contributed by atoms with Gasteiger partial charge >= 0.3 is 0 Å². The topological polar surface area (TPSA) is 12.4 Å². The first-order chi connectivity index (χ1) is 7.93. The Balaban J connectivity index is 1.84. The maximum atomic E-state index is 4.95. The minimum Gasteiger partial charge on any atom is -0.274 e. The van der Waals surface area contributed by atoms with E-state index in [9.17, 15) is 0 Å². The summed E-state index contributed by atoms with van der Waals surface area (Å²) < 4.78 is 0. The summed E-state index contributed by atoms with van der Waals surface area (Å²) >= 11 is 1.95. The summed E-state index contributed by atoms with van der Waals surface area (Å²) in [5, 5.41) is 1.27. The molecule has 1 saturated carbocycles. The molecule has 1 heterocycles. The predicted molar refractivity (Wildman–Crippen MR) is 71.2 cm³/mol. The Morgan fingerprint density at radius 3 is 2.75 bits per heavy atom. The van der Waals surface area contributed by atoms with E-state index in [1.165, 1.54) is 42.0 Å². The summed E-state index contributed by atoms with van der Waals surface area (Å²) in [4.78, 5) is 4.95. The third-order valence-corrected chi connectivity index (χ3v) is 4.82. The highest BCUT2D eigenvalue weighted by molar-refractivity contribution is 8.14. The number of hydrogen-bond acceptors (Lipinski definition) is 2. The summed E-state index contributed by atoms with van der Waals surface area (Å²) in [6.07, 6.45) is 5.49. The van der Waals surface area contributed by atoms with Crippen LogP contribution in [0.4, 0.5) is 0 Å². The number of aliphatic imine (C=N–C) groups is 1. The van der Waals surface area contributed by atoms with Crippen molar-refractivity contribution >= 4 is 16.8 Å². The van der Waals surface area contributed by atoms with Crippen LogP contribution in [0.1, 0.15) is 31.2 Å². The van der Waals surface area contributed by atoms with Gasteiger partial charge < -0.3 is 0 Å². The summed E-state index contributed by atoms with van der Waals surface area (Å²) in [7, 11) is 0. The molecule has 0 N–H and O–H groups in total. The second kappa shape index (κ2) is 4.62. The second-order valence-corrected chi connectivity index (χ2v) is 5.73. The zero-order valence-corrected chi connectivity index (χ0v) is 10.2. The Morgan fingerprint density at radius 1 is 1.06 bits per heavy atom. The lowest BCUT2D eigenvalue weighted by atomic mass is 9.86. The van der Waals surface area contributed by atoms with Crippen molar-refractivity contribution in [2.24, 2.45) is 10.9 Å². The van der Waals surface area contributed by atoms with Crippen LogP contribution < -0.4 is 0 Å². The highest BCUT2D eigenvalue weighted by Crippen LogP contribution is 2.35. The maximum absolute atomic E-state index is 4.95. The Labute approximate surface area is 101 Å². The molecule has 1 fully saturated rings. The first kappa shape index (κ1) is 10.4. The molecule has 1 aromatic rings. The number of benzene rings is 1. The lowest BCUT2D eigenvalue weighted by Crippen LogP contribution is -2.30. The molecule has 1 aliphatic carbocycles. The molecular weight excluding hydrogens is 214 g/mol. The molecule has 1 aromatic carbocycles. The first-order valence-electron chi connectivity index (χ1n) is 6.19. The van der Waals surface area contributed by atoms with Crippen LogP contribution in [0.15, 0.2) is 35.3 Å². The molecule has 2 atom stereocenters. The molecule has 0 unspecified atom stereocenters. The van der Waals surface area contributed by atoms with Crippen LogP contribution in [0.2, 0.25) is 0 Å². The van der Waals surface area contributed by atoms with E-state index in [0.29, 0.717) is 6.04 Å².